The summed E-state index contributed by atoms with van der Waals surface area (Å²) in [7, 11) is 0. The summed E-state index contributed by atoms with van der Waals surface area (Å²) < 4.78 is 0. The normalized spacial score (nSPS) is 10.6. The van der Waals surface area contributed by atoms with Gasteiger partial charge in [0.05, 0.1) is 10.6 Å². The fraction of sp³-hybridized carbons (Fsp3) is 0. The topological polar surface area (TPSA) is 127 Å². The quantitative estimate of drug-likeness (QED) is 0.383. The molecule has 1 heterocycles. The van der Waals surface area contributed by atoms with E-state index in [0.29, 0.717) is 16.3 Å². The number of nitrogens with one attached hydrogen (secondary N) is 3. The van der Waals surface area contributed by atoms with Crippen LogP contribution in [0.15, 0.2) is 46.9 Å². The Kier molecular flexibility index (Phi) is 4.85. The Morgan fingerprint density at radius 2 is 1.95 bits per heavy atom. The van der Waals surface area contributed by atoms with Crippen LogP contribution in [0.2, 0.25) is 0 Å². The first-order valence-electron chi connectivity index (χ1n) is 6.13. The number of amidine groups is 1. The van der Waals surface area contributed by atoms with E-state index in [4.69, 9.17) is 16.4 Å². The lowest BCUT2D eigenvalue weighted by Crippen LogP contribution is -2.21. The number of carbonyl (C=O) groups is 1. The molecule has 8 heteroatoms. The average Bonchev–Trinajstić information content (AvgIpc) is 3.03. The Balaban J connectivity index is 2.00. The van der Waals surface area contributed by atoms with Crippen LogP contribution in [0.4, 0.5) is 11.4 Å². The van der Waals surface area contributed by atoms with Gasteiger partial charge in [0.1, 0.15) is 6.07 Å². The van der Waals surface area contributed by atoms with Crippen LogP contribution in [0.5, 0.6) is 0 Å². The van der Waals surface area contributed by atoms with Gasteiger partial charge in [-0.1, -0.05) is 6.07 Å². The predicted octanol–water partition coefficient (Wildman–Crippen LogP) is 2.23. The van der Waals surface area contributed by atoms with Gasteiger partial charge in [-0.15, -0.1) is 11.3 Å². The zero-order chi connectivity index (χ0) is 15.9. The third-order valence-corrected chi connectivity index (χ3v) is 3.41. The molecule has 0 unspecified atom stereocenters. The molecule has 22 heavy (non-hydrogen) atoms. The third-order valence-electron chi connectivity index (χ3n) is 2.55. The number of nitriles is 1. The molecule has 2 aromatic rings. The molecule has 0 aliphatic carbocycles. The van der Waals surface area contributed by atoms with Crippen molar-refractivity contribution >= 4 is 40.2 Å². The Labute approximate surface area is 130 Å². The standard InChI is InChI=1S/C14H12N6OS/c15-8-11(13(16)17)20-19-10-5-3-9(4-6-10)18-14(21)12-2-1-7-22-12/h1-7,19H,(H3,16,17)(H,18,21)/b20-11+. The number of anilines is 2. The molecule has 0 aliphatic heterocycles. The van der Waals surface area contributed by atoms with Gasteiger partial charge in [-0.3, -0.25) is 15.6 Å². The summed E-state index contributed by atoms with van der Waals surface area (Å²) in [5, 5.41) is 24.2. The summed E-state index contributed by atoms with van der Waals surface area (Å²) in [6.45, 7) is 0. The van der Waals surface area contributed by atoms with E-state index in [1.54, 1.807) is 36.4 Å². The van der Waals surface area contributed by atoms with Gasteiger partial charge in [-0.05, 0) is 35.7 Å². The summed E-state index contributed by atoms with van der Waals surface area (Å²) in [5.41, 5.74) is 8.84. The number of thiophene rings is 1. The van der Waals surface area contributed by atoms with Gasteiger partial charge < -0.3 is 11.1 Å². The highest BCUT2D eigenvalue weighted by molar-refractivity contribution is 7.12. The van der Waals surface area contributed by atoms with Gasteiger partial charge in [0, 0.05) is 5.69 Å². The zero-order valence-electron chi connectivity index (χ0n) is 11.3. The number of hydrogen-bond donors (Lipinski definition) is 4. The van der Waals surface area contributed by atoms with Crippen molar-refractivity contribution in [1.82, 2.24) is 0 Å². The molecule has 0 saturated heterocycles. The molecule has 1 amide bonds. The predicted molar refractivity (Wildman–Crippen MR) is 87.3 cm³/mol. The van der Waals surface area contributed by atoms with Crippen LogP contribution in [0.25, 0.3) is 0 Å². The molecule has 110 valence electrons. The second-order valence-corrected chi connectivity index (χ2v) is 5.05. The molecular weight excluding hydrogens is 300 g/mol. The van der Waals surface area contributed by atoms with E-state index < -0.39 is 5.84 Å². The maximum Gasteiger partial charge on any atom is 0.265 e. The van der Waals surface area contributed by atoms with Gasteiger partial charge in [0.2, 0.25) is 5.71 Å². The van der Waals surface area contributed by atoms with Crippen LogP contribution in [-0.2, 0) is 0 Å². The summed E-state index contributed by atoms with van der Waals surface area (Å²) in [6, 6.07) is 12.0. The number of carbonyl (C=O) groups excluding carboxylic acids is 1. The van der Waals surface area contributed by atoms with Gasteiger partial charge in [0.15, 0.2) is 5.84 Å². The Hall–Kier alpha value is -3.18. The third kappa shape index (κ3) is 3.91. The summed E-state index contributed by atoms with van der Waals surface area (Å²) >= 11 is 1.37. The van der Waals surface area contributed by atoms with Gasteiger partial charge in [-0.25, -0.2) is 0 Å². The first-order chi connectivity index (χ1) is 10.6. The summed E-state index contributed by atoms with van der Waals surface area (Å²) in [5.74, 6) is -0.577. The molecule has 7 nitrogen and oxygen atoms in total. The van der Waals surface area contributed by atoms with Crippen molar-refractivity contribution in [2.24, 2.45) is 10.8 Å². The van der Waals surface area contributed by atoms with Crippen molar-refractivity contribution in [2.45, 2.75) is 0 Å². The lowest BCUT2D eigenvalue weighted by atomic mass is 10.3. The number of rotatable bonds is 5. The van der Waals surface area contributed by atoms with E-state index in [9.17, 15) is 4.79 Å². The van der Waals surface area contributed by atoms with Crippen molar-refractivity contribution in [3.05, 3.63) is 46.7 Å². The van der Waals surface area contributed by atoms with Crippen LogP contribution in [0.1, 0.15) is 9.67 Å². The molecule has 2 rings (SSSR count). The van der Waals surface area contributed by atoms with Gasteiger partial charge in [0.25, 0.3) is 5.91 Å². The monoisotopic (exact) mass is 312 g/mol. The lowest BCUT2D eigenvalue weighted by Gasteiger charge is -2.05. The maximum absolute atomic E-state index is 11.9. The van der Waals surface area contributed by atoms with E-state index in [1.165, 1.54) is 11.3 Å². The highest BCUT2D eigenvalue weighted by atomic mass is 32.1. The minimum absolute atomic E-state index is 0.169. The molecule has 1 aromatic heterocycles. The van der Waals surface area contributed by atoms with E-state index >= 15 is 0 Å². The molecule has 0 atom stereocenters. The molecule has 1 aromatic carbocycles. The second-order valence-electron chi connectivity index (χ2n) is 4.11. The summed E-state index contributed by atoms with van der Waals surface area (Å²) in [4.78, 5) is 12.5. The molecule has 0 aliphatic rings. The molecular formula is C14H12N6OS. The van der Waals surface area contributed by atoms with Crippen molar-refractivity contribution in [1.29, 1.82) is 10.7 Å². The Morgan fingerprint density at radius 3 is 2.50 bits per heavy atom. The minimum atomic E-state index is -0.408. The Bertz CT molecular complexity index is 743. The van der Waals surface area contributed by atoms with E-state index in [0.717, 1.165) is 0 Å². The highest BCUT2D eigenvalue weighted by Crippen LogP contribution is 2.16. The number of hydrazone groups is 1. The molecule has 0 spiro atoms. The first kappa shape index (κ1) is 15.2. The highest BCUT2D eigenvalue weighted by Gasteiger charge is 2.06. The van der Waals surface area contributed by atoms with Crippen LogP contribution >= 0.6 is 11.3 Å². The molecule has 5 N–H and O–H groups in total. The largest absolute Gasteiger partial charge is 0.382 e. The van der Waals surface area contributed by atoms with Crippen molar-refractivity contribution in [3.8, 4) is 6.07 Å². The number of hydrogen-bond acceptors (Lipinski definition) is 6. The number of benzene rings is 1. The smallest absolute Gasteiger partial charge is 0.265 e. The van der Waals surface area contributed by atoms with Crippen molar-refractivity contribution in [2.75, 3.05) is 10.7 Å². The molecule has 0 radical (unpaired) electrons. The van der Waals surface area contributed by atoms with E-state index in [-0.39, 0.29) is 11.6 Å². The first-order valence-corrected chi connectivity index (χ1v) is 7.01. The zero-order valence-corrected chi connectivity index (χ0v) is 12.1. The second kappa shape index (κ2) is 7.01. The van der Waals surface area contributed by atoms with Gasteiger partial charge >= 0.3 is 0 Å². The van der Waals surface area contributed by atoms with E-state index in [2.05, 4.69) is 15.8 Å². The minimum Gasteiger partial charge on any atom is -0.382 e. The fourth-order valence-corrected chi connectivity index (χ4v) is 2.11. The molecule has 0 saturated carbocycles. The maximum atomic E-state index is 11.9. The fourth-order valence-electron chi connectivity index (χ4n) is 1.49. The SMILES string of the molecule is N#C/C(=N\Nc1ccc(NC(=O)c2cccs2)cc1)C(=N)N. The van der Waals surface area contributed by atoms with Crippen LogP contribution in [-0.4, -0.2) is 17.5 Å². The Morgan fingerprint density at radius 1 is 1.27 bits per heavy atom. The van der Waals surface area contributed by atoms with Crippen molar-refractivity contribution in [3.63, 3.8) is 0 Å². The molecule has 0 bridgehead atoms. The summed E-state index contributed by atoms with van der Waals surface area (Å²) in [6.07, 6.45) is 0. The van der Waals surface area contributed by atoms with Crippen molar-refractivity contribution < 1.29 is 4.79 Å². The number of nitrogens with zero attached hydrogens (tertiary/aromatic N) is 2. The molecule has 0 fully saturated rings. The van der Waals surface area contributed by atoms with Crippen LogP contribution < -0.4 is 16.5 Å². The average molecular weight is 312 g/mol. The van der Waals surface area contributed by atoms with Gasteiger partial charge in [-0.2, -0.15) is 10.4 Å². The van der Waals surface area contributed by atoms with E-state index in [1.807, 2.05) is 11.4 Å². The number of amides is 1. The van der Waals surface area contributed by atoms with Crippen LogP contribution in [0.3, 0.4) is 0 Å². The number of nitrogens with two attached hydrogens (primary N) is 1. The lowest BCUT2D eigenvalue weighted by molar-refractivity contribution is 0.103. The van der Waals surface area contributed by atoms with Crippen LogP contribution in [0, 0.1) is 16.7 Å².